The maximum Gasteiger partial charge on any atom is 0.306 e. The normalized spacial score (nSPS) is 13.2. The highest BCUT2D eigenvalue weighted by molar-refractivity contribution is 5.76. The average Bonchev–Trinajstić information content (AvgIpc) is 3.78. The van der Waals surface area contributed by atoms with Gasteiger partial charge in [-0.05, 0) is 89.1 Å². The molecule has 0 radical (unpaired) electrons. The summed E-state index contributed by atoms with van der Waals surface area (Å²) in [5.41, 5.74) is 0. The molecule has 1 aliphatic heterocycles. The number of hydrogen-bond donors (Lipinski definition) is 1. The van der Waals surface area contributed by atoms with E-state index in [0.717, 1.165) is 58.2 Å². The molecule has 0 saturated carbocycles. The molecule has 7 heteroatoms. The zero-order chi connectivity index (χ0) is 44.3. The van der Waals surface area contributed by atoms with Gasteiger partial charge in [0.2, 0.25) is 5.91 Å². The third-order valence-corrected chi connectivity index (χ3v) is 13.4. The Bertz CT molecular complexity index is 904. The van der Waals surface area contributed by atoms with Crippen LogP contribution >= 0.6 is 0 Å². The van der Waals surface area contributed by atoms with Crippen LogP contribution in [0.1, 0.15) is 278 Å². The van der Waals surface area contributed by atoms with Gasteiger partial charge in [0, 0.05) is 31.8 Å². The fourth-order valence-electron chi connectivity index (χ4n) is 9.35. The van der Waals surface area contributed by atoms with Crippen LogP contribution in [0.25, 0.3) is 0 Å². The van der Waals surface area contributed by atoms with Crippen LogP contribution in [0.5, 0.6) is 0 Å². The summed E-state index contributed by atoms with van der Waals surface area (Å²) in [6, 6.07) is 0.308. The molecular formula is C54H104N2O5. The fourth-order valence-corrected chi connectivity index (χ4v) is 9.35. The number of amides is 1. The molecule has 1 amide bonds. The van der Waals surface area contributed by atoms with Crippen molar-refractivity contribution >= 4 is 17.8 Å². The number of ether oxygens (including phenoxy) is 2. The van der Waals surface area contributed by atoms with Crippen molar-refractivity contribution in [1.29, 1.82) is 0 Å². The van der Waals surface area contributed by atoms with Gasteiger partial charge in [-0.15, -0.1) is 0 Å². The second kappa shape index (κ2) is 43.6. The van der Waals surface area contributed by atoms with Crippen molar-refractivity contribution in [3.63, 3.8) is 0 Å². The van der Waals surface area contributed by atoms with Crippen LogP contribution in [0.2, 0.25) is 0 Å². The first-order valence-corrected chi connectivity index (χ1v) is 27.2. The molecule has 0 spiro atoms. The van der Waals surface area contributed by atoms with E-state index in [0.29, 0.717) is 50.4 Å². The quantitative estimate of drug-likeness (QED) is 0.0485. The summed E-state index contributed by atoms with van der Waals surface area (Å²) in [4.78, 5) is 40.4. The lowest BCUT2D eigenvalue weighted by atomic mass is 9.92. The van der Waals surface area contributed by atoms with Gasteiger partial charge in [-0.2, -0.15) is 0 Å². The van der Waals surface area contributed by atoms with Crippen LogP contribution in [0, 0.1) is 11.8 Å². The highest BCUT2D eigenvalue weighted by Crippen LogP contribution is 2.23. The first kappa shape index (κ1) is 57.4. The van der Waals surface area contributed by atoms with Crippen LogP contribution in [0.4, 0.5) is 0 Å². The van der Waals surface area contributed by atoms with Crippen LogP contribution in [0.15, 0.2) is 0 Å². The number of carbonyl (C=O) groups is 3. The Morgan fingerprint density at radius 3 is 1.13 bits per heavy atom. The Morgan fingerprint density at radius 1 is 0.443 bits per heavy atom. The van der Waals surface area contributed by atoms with Gasteiger partial charge >= 0.3 is 11.9 Å². The van der Waals surface area contributed by atoms with E-state index in [1.54, 1.807) is 0 Å². The van der Waals surface area contributed by atoms with E-state index < -0.39 is 0 Å². The molecule has 1 N–H and O–H groups in total. The monoisotopic (exact) mass is 861 g/mol. The molecule has 0 aromatic heterocycles. The summed E-state index contributed by atoms with van der Waals surface area (Å²) in [5.74, 6) is 1.29. The van der Waals surface area contributed by atoms with E-state index in [9.17, 15) is 14.4 Å². The Kier molecular flexibility index (Phi) is 41.0. The topological polar surface area (TPSA) is 84.9 Å². The number of rotatable bonds is 46. The molecule has 0 unspecified atom stereocenters. The van der Waals surface area contributed by atoms with Crippen LogP contribution in [-0.4, -0.2) is 61.6 Å². The minimum Gasteiger partial charge on any atom is -0.466 e. The molecular weight excluding hydrogens is 757 g/mol. The minimum absolute atomic E-state index is 0.0206. The van der Waals surface area contributed by atoms with Gasteiger partial charge in [0.25, 0.3) is 0 Å². The lowest BCUT2D eigenvalue weighted by molar-refractivity contribution is -0.146. The zero-order valence-electron chi connectivity index (χ0n) is 41.3. The molecule has 0 aromatic carbocycles. The van der Waals surface area contributed by atoms with E-state index >= 15 is 0 Å². The van der Waals surface area contributed by atoms with E-state index in [2.05, 4.69) is 37.9 Å². The molecule has 1 saturated heterocycles. The molecule has 0 aliphatic carbocycles. The number of nitrogens with zero attached hydrogens (tertiary/aromatic N) is 1. The van der Waals surface area contributed by atoms with Crippen molar-refractivity contribution in [2.45, 2.75) is 284 Å². The Labute approximate surface area is 379 Å². The standard InChI is InChI=1S/C54H104N2O5/c1-5-9-25-35-49(36-26-10-6-2)47-53(58)60-45-33-23-19-15-13-17-21-29-39-51(55-52(57)41-44-56-42-31-32-43-56)40-30-22-18-14-16-20-24-34-46-61-54(59)48-50(37-27-11-7-3)38-28-12-8-4/h49-51H,5-48H2,1-4H3,(H,55,57). The number of esters is 2. The SMILES string of the molecule is CCCCCC(CCCCC)CC(=O)OCCCCCCCCCCC(CCCCCCCCCCOC(=O)CC(CCCCC)CCCCC)NC(=O)CCN1CCCC1. The van der Waals surface area contributed by atoms with Crippen LogP contribution < -0.4 is 5.32 Å². The Hall–Kier alpha value is -1.63. The fraction of sp³-hybridized carbons (Fsp3) is 0.944. The molecule has 61 heavy (non-hydrogen) atoms. The zero-order valence-corrected chi connectivity index (χ0v) is 41.3. The van der Waals surface area contributed by atoms with Gasteiger partial charge in [-0.25, -0.2) is 0 Å². The van der Waals surface area contributed by atoms with Gasteiger partial charge in [0.05, 0.1) is 13.2 Å². The predicted molar refractivity (Wildman–Crippen MR) is 260 cm³/mol. The molecule has 1 heterocycles. The van der Waals surface area contributed by atoms with Crippen LogP contribution in [0.3, 0.4) is 0 Å². The van der Waals surface area contributed by atoms with E-state index in [4.69, 9.17) is 9.47 Å². The maximum absolute atomic E-state index is 12.9. The van der Waals surface area contributed by atoms with Gasteiger partial charge in [-0.3, -0.25) is 14.4 Å². The van der Waals surface area contributed by atoms with E-state index in [1.165, 1.54) is 193 Å². The largest absolute Gasteiger partial charge is 0.466 e. The van der Waals surface area contributed by atoms with E-state index in [-0.39, 0.29) is 17.8 Å². The minimum atomic E-state index is 0.0206. The highest BCUT2D eigenvalue weighted by Gasteiger charge is 2.18. The Morgan fingerprint density at radius 2 is 0.770 bits per heavy atom. The van der Waals surface area contributed by atoms with Crippen molar-refractivity contribution in [3.8, 4) is 0 Å². The summed E-state index contributed by atoms with van der Waals surface area (Å²) in [7, 11) is 0. The van der Waals surface area contributed by atoms with Crippen molar-refractivity contribution < 1.29 is 23.9 Å². The number of nitrogens with one attached hydrogen (secondary N) is 1. The second-order valence-electron chi connectivity index (χ2n) is 19.4. The predicted octanol–water partition coefficient (Wildman–Crippen LogP) is 15.4. The first-order valence-electron chi connectivity index (χ1n) is 27.2. The number of carbonyl (C=O) groups excluding carboxylic acids is 3. The average molecular weight is 861 g/mol. The van der Waals surface area contributed by atoms with Crippen molar-refractivity contribution in [1.82, 2.24) is 10.2 Å². The van der Waals surface area contributed by atoms with Gasteiger partial charge in [0.1, 0.15) is 0 Å². The first-order chi connectivity index (χ1) is 29.9. The number of hydrogen-bond acceptors (Lipinski definition) is 6. The van der Waals surface area contributed by atoms with E-state index in [1.807, 2.05) is 0 Å². The number of unbranched alkanes of at least 4 members (excludes halogenated alkanes) is 22. The molecule has 0 atom stereocenters. The number of likely N-dealkylation sites (tertiary alicyclic amines) is 1. The van der Waals surface area contributed by atoms with Crippen molar-refractivity contribution in [3.05, 3.63) is 0 Å². The second-order valence-corrected chi connectivity index (χ2v) is 19.4. The molecule has 1 rings (SSSR count). The molecule has 0 aromatic rings. The molecule has 360 valence electrons. The van der Waals surface area contributed by atoms with Gasteiger partial charge in [0.15, 0.2) is 0 Å². The van der Waals surface area contributed by atoms with Crippen molar-refractivity contribution in [2.75, 3.05) is 32.8 Å². The molecule has 7 nitrogen and oxygen atoms in total. The van der Waals surface area contributed by atoms with Gasteiger partial charge in [-0.1, -0.05) is 195 Å². The summed E-state index contributed by atoms with van der Waals surface area (Å²) < 4.78 is 11.3. The maximum atomic E-state index is 12.9. The molecule has 0 bridgehead atoms. The third kappa shape index (κ3) is 37.5. The Balaban J connectivity index is 2.20. The highest BCUT2D eigenvalue weighted by atomic mass is 16.5. The summed E-state index contributed by atoms with van der Waals surface area (Å²) in [6.45, 7) is 13.3. The lowest BCUT2D eigenvalue weighted by Gasteiger charge is -2.20. The lowest BCUT2D eigenvalue weighted by Crippen LogP contribution is -2.36. The van der Waals surface area contributed by atoms with Crippen LogP contribution in [-0.2, 0) is 23.9 Å². The smallest absolute Gasteiger partial charge is 0.306 e. The summed E-state index contributed by atoms with van der Waals surface area (Å²) in [6.07, 6.45) is 45.4. The van der Waals surface area contributed by atoms with Gasteiger partial charge < -0.3 is 19.7 Å². The molecule has 1 aliphatic rings. The summed E-state index contributed by atoms with van der Waals surface area (Å²) in [5, 5.41) is 3.45. The third-order valence-electron chi connectivity index (χ3n) is 13.4. The molecule has 1 fully saturated rings. The van der Waals surface area contributed by atoms with Crippen molar-refractivity contribution in [2.24, 2.45) is 11.8 Å². The summed E-state index contributed by atoms with van der Waals surface area (Å²) >= 11 is 0.